The molecular formula is C20H17NO3. The van der Waals surface area contributed by atoms with Crippen LogP contribution in [0.5, 0.6) is 5.75 Å². The van der Waals surface area contributed by atoms with Crippen LogP contribution < -0.4 is 10.3 Å². The van der Waals surface area contributed by atoms with E-state index in [2.05, 4.69) is 0 Å². The number of ether oxygens (including phenoxy) is 1. The van der Waals surface area contributed by atoms with Crippen molar-refractivity contribution in [1.82, 2.24) is 4.57 Å². The van der Waals surface area contributed by atoms with Crippen molar-refractivity contribution in [3.8, 4) is 5.75 Å². The molecule has 120 valence electrons. The van der Waals surface area contributed by atoms with Crippen LogP contribution in [-0.2, 0) is 11.8 Å². The Kier molecular flexibility index (Phi) is 3.27. The van der Waals surface area contributed by atoms with Crippen LogP contribution in [0.2, 0.25) is 0 Å². The molecule has 4 nitrogen and oxygen atoms in total. The van der Waals surface area contributed by atoms with Gasteiger partial charge in [-0.15, -0.1) is 0 Å². The molecule has 0 radical (unpaired) electrons. The number of para-hydroxylation sites is 1. The summed E-state index contributed by atoms with van der Waals surface area (Å²) in [5.41, 5.74) is 3.30. The Morgan fingerprint density at radius 3 is 2.54 bits per heavy atom. The fourth-order valence-corrected chi connectivity index (χ4v) is 3.58. The van der Waals surface area contributed by atoms with E-state index in [0.29, 0.717) is 11.3 Å². The van der Waals surface area contributed by atoms with E-state index in [1.807, 2.05) is 55.5 Å². The minimum absolute atomic E-state index is 0.107. The van der Waals surface area contributed by atoms with Gasteiger partial charge in [-0.05, 0) is 30.2 Å². The van der Waals surface area contributed by atoms with Gasteiger partial charge in [0.25, 0.3) is 5.56 Å². The normalized spacial score (nSPS) is 16.8. The molecule has 0 bridgehead atoms. The summed E-state index contributed by atoms with van der Waals surface area (Å²) in [5.74, 6) is -0.155. The average Bonchev–Trinajstić information content (AvgIpc) is 2.59. The number of fused-ring (bicyclic) bond motifs is 3. The Morgan fingerprint density at radius 1 is 1.04 bits per heavy atom. The average molecular weight is 319 g/mol. The summed E-state index contributed by atoms with van der Waals surface area (Å²) in [6, 6.07) is 15.4. The van der Waals surface area contributed by atoms with Crippen molar-refractivity contribution in [3.63, 3.8) is 0 Å². The molecule has 0 unspecified atom stereocenters. The zero-order valence-electron chi connectivity index (χ0n) is 13.6. The molecule has 2 heterocycles. The van der Waals surface area contributed by atoms with Gasteiger partial charge in [0, 0.05) is 18.4 Å². The van der Waals surface area contributed by atoms with Gasteiger partial charge in [-0.1, -0.05) is 36.4 Å². The molecule has 1 aliphatic heterocycles. The van der Waals surface area contributed by atoms with Crippen molar-refractivity contribution in [2.45, 2.75) is 19.3 Å². The molecule has 2 aromatic carbocycles. The molecule has 1 aromatic heterocycles. The second-order valence-corrected chi connectivity index (χ2v) is 6.21. The van der Waals surface area contributed by atoms with Crippen LogP contribution in [0.1, 0.15) is 29.0 Å². The monoisotopic (exact) mass is 319 g/mol. The molecule has 4 rings (SSSR count). The van der Waals surface area contributed by atoms with Crippen molar-refractivity contribution in [3.05, 3.63) is 75.6 Å². The van der Waals surface area contributed by atoms with Crippen molar-refractivity contribution >= 4 is 16.9 Å². The van der Waals surface area contributed by atoms with Gasteiger partial charge in [0.15, 0.2) is 0 Å². The lowest BCUT2D eigenvalue weighted by atomic mass is 9.84. The molecule has 4 heteroatoms. The maximum Gasteiger partial charge on any atom is 0.312 e. The van der Waals surface area contributed by atoms with Crippen molar-refractivity contribution in [1.29, 1.82) is 0 Å². The van der Waals surface area contributed by atoms with Crippen LogP contribution >= 0.6 is 0 Å². The summed E-state index contributed by atoms with van der Waals surface area (Å²) in [6.45, 7) is 2.00. The predicted molar refractivity (Wildman–Crippen MR) is 92.5 cm³/mol. The largest absolute Gasteiger partial charge is 0.425 e. The third-order valence-electron chi connectivity index (χ3n) is 4.79. The molecule has 0 fully saturated rings. The van der Waals surface area contributed by atoms with Crippen LogP contribution in [0.25, 0.3) is 10.9 Å². The maximum absolute atomic E-state index is 13.0. The Morgan fingerprint density at radius 2 is 1.75 bits per heavy atom. The Hall–Kier alpha value is -2.88. The number of aryl methyl sites for hydroxylation is 2. The standard InChI is InChI=1S/C20H17NO3/c1-12-7-3-4-8-13(12)15-11-17(22)24-19-14-9-5-6-10-16(14)21(2)20(23)18(15)19/h3-10,15H,11H2,1-2H3/t15-/m1/s1. The van der Waals surface area contributed by atoms with Crippen molar-refractivity contribution in [2.75, 3.05) is 0 Å². The van der Waals surface area contributed by atoms with Gasteiger partial charge in [0.2, 0.25) is 0 Å². The lowest BCUT2D eigenvalue weighted by molar-refractivity contribution is -0.135. The Labute approximate surface area is 139 Å². The first kappa shape index (κ1) is 14.7. The number of pyridine rings is 1. The lowest BCUT2D eigenvalue weighted by Crippen LogP contribution is -2.31. The number of carbonyl (C=O) groups is 1. The summed E-state index contributed by atoms with van der Waals surface area (Å²) >= 11 is 0. The van der Waals surface area contributed by atoms with E-state index in [1.54, 1.807) is 11.6 Å². The first-order valence-electron chi connectivity index (χ1n) is 7.95. The van der Waals surface area contributed by atoms with Crippen LogP contribution in [0.15, 0.2) is 53.3 Å². The third kappa shape index (κ3) is 2.07. The van der Waals surface area contributed by atoms with Gasteiger partial charge in [0.1, 0.15) is 5.75 Å². The minimum atomic E-state index is -0.297. The van der Waals surface area contributed by atoms with Crippen molar-refractivity contribution < 1.29 is 9.53 Å². The van der Waals surface area contributed by atoms with Gasteiger partial charge in [-0.25, -0.2) is 0 Å². The summed E-state index contributed by atoms with van der Waals surface area (Å²) in [5, 5.41) is 0.793. The van der Waals surface area contributed by atoms with E-state index in [4.69, 9.17) is 4.74 Å². The zero-order chi connectivity index (χ0) is 16.8. The number of hydrogen-bond donors (Lipinski definition) is 0. The maximum atomic E-state index is 13.0. The number of benzene rings is 2. The first-order chi connectivity index (χ1) is 11.6. The summed E-state index contributed by atoms with van der Waals surface area (Å²) in [7, 11) is 1.76. The molecule has 0 amide bonds. The second-order valence-electron chi connectivity index (χ2n) is 6.21. The SMILES string of the molecule is Cc1ccccc1[C@H]1CC(=O)Oc2c1c(=O)n(C)c1ccccc21. The van der Waals surface area contributed by atoms with Crippen LogP contribution in [-0.4, -0.2) is 10.5 Å². The van der Waals surface area contributed by atoms with E-state index in [9.17, 15) is 9.59 Å². The molecule has 0 spiro atoms. The number of esters is 1. The van der Waals surface area contributed by atoms with E-state index < -0.39 is 0 Å². The number of hydrogen-bond acceptors (Lipinski definition) is 3. The molecule has 3 aromatic rings. The quantitative estimate of drug-likeness (QED) is 0.647. The van der Waals surface area contributed by atoms with Gasteiger partial charge in [0.05, 0.1) is 17.5 Å². The fraction of sp³-hybridized carbons (Fsp3) is 0.200. The highest BCUT2D eigenvalue weighted by Gasteiger charge is 2.34. The molecule has 0 saturated carbocycles. The van der Waals surface area contributed by atoms with E-state index in [-0.39, 0.29) is 23.9 Å². The van der Waals surface area contributed by atoms with Gasteiger partial charge in [-0.2, -0.15) is 0 Å². The highest BCUT2D eigenvalue weighted by Crippen LogP contribution is 2.41. The van der Waals surface area contributed by atoms with Gasteiger partial charge >= 0.3 is 5.97 Å². The summed E-state index contributed by atoms with van der Waals surface area (Å²) in [6.07, 6.45) is 0.186. The smallest absolute Gasteiger partial charge is 0.312 e. The number of aromatic nitrogens is 1. The molecule has 0 N–H and O–H groups in total. The molecule has 0 saturated heterocycles. The zero-order valence-corrected chi connectivity index (χ0v) is 13.6. The lowest BCUT2D eigenvalue weighted by Gasteiger charge is -2.27. The highest BCUT2D eigenvalue weighted by molar-refractivity contribution is 5.91. The summed E-state index contributed by atoms with van der Waals surface area (Å²) < 4.78 is 7.16. The number of nitrogens with zero attached hydrogens (tertiary/aromatic N) is 1. The van der Waals surface area contributed by atoms with Crippen LogP contribution in [0, 0.1) is 6.92 Å². The number of rotatable bonds is 1. The number of carbonyl (C=O) groups excluding carboxylic acids is 1. The molecular weight excluding hydrogens is 302 g/mol. The molecule has 24 heavy (non-hydrogen) atoms. The second kappa shape index (κ2) is 5.34. The van der Waals surface area contributed by atoms with E-state index >= 15 is 0 Å². The Bertz CT molecular complexity index is 1030. The molecule has 1 atom stereocenters. The van der Waals surface area contributed by atoms with Crippen molar-refractivity contribution in [2.24, 2.45) is 7.05 Å². The van der Waals surface area contributed by atoms with E-state index in [0.717, 1.165) is 22.0 Å². The third-order valence-corrected chi connectivity index (χ3v) is 4.79. The van der Waals surface area contributed by atoms with Crippen LogP contribution in [0.3, 0.4) is 0 Å². The predicted octanol–water partition coefficient (Wildman–Crippen LogP) is 3.29. The molecule has 0 aliphatic carbocycles. The highest BCUT2D eigenvalue weighted by atomic mass is 16.5. The van der Waals surface area contributed by atoms with Crippen LogP contribution in [0.4, 0.5) is 0 Å². The Balaban J connectivity index is 2.09. The van der Waals surface area contributed by atoms with E-state index in [1.165, 1.54) is 0 Å². The first-order valence-corrected chi connectivity index (χ1v) is 7.95. The van der Waals surface area contributed by atoms with Gasteiger partial charge < -0.3 is 9.30 Å². The molecule has 1 aliphatic rings. The summed E-state index contributed by atoms with van der Waals surface area (Å²) in [4.78, 5) is 25.2. The topological polar surface area (TPSA) is 48.3 Å². The van der Waals surface area contributed by atoms with Gasteiger partial charge in [-0.3, -0.25) is 9.59 Å². The minimum Gasteiger partial charge on any atom is -0.425 e. The fourth-order valence-electron chi connectivity index (χ4n) is 3.58.